The third kappa shape index (κ3) is 3.24. The van der Waals surface area contributed by atoms with Crippen LogP contribution in [0.25, 0.3) is 0 Å². The van der Waals surface area contributed by atoms with Crippen LogP contribution < -0.4 is 4.74 Å². The lowest BCUT2D eigenvalue weighted by molar-refractivity contribution is 0.267. The van der Waals surface area contributed by atoms with Crippen molar-refractivity contribution in [3.63, 3.8) is 0 Å². The van der Waals surface area contributed by atoms with Crippen molar-refractivity contribution in [3.05, 3.63) is 41.4 Å². The Morgan fingerprint density at radius 3 is 2.38 bits per heavy atom. The number of rotatable bonds is 4. The Labute approximate surface area is 101 Å². The first kappa shape index (κ1) is 13.0. The molecule has 0 unspecified atom stereocenters. The third-order valence-electron chi connectivity index (χ3n) is 2.69. The molecule has 3 heteroatoms. The number of hydrogen-bond acceptors (Lipinski definition) is 1. The van der Waals surface area contributed by atoms with Crippen LogP contribution in [0.15, 0.2) is 35.6 Å². The van der Waals surface area contributed by atoms with Crippen molar-refractivity contribution in [2.45, 2.75) is 27.2 Å². The number of ether oxygens (including phenoxy) is 1. The molecule has 1 aromatic rings. The Kier molecular flexibility index (Phi) is 4.36. The van der Waals surface area contributed by atoms with E-state index in [9.17, 15) is 4.39 Å². The minimum Gasteiger partial charge on any atom is -0.460 e. The molecule has 0 bridgehead atoms. The normalized spacial score (nSPS) is 12.7. The highest BCUT2D eigenvalue weighted by Gasteiger charge is 2.23. The highest BCUT2D eigenvalue weighted by Crippen LogP contribution is 2.32. The quantitative estimate of drug-likeness (QED) is 0.694. The van der Waals surface area contributed by atoms with Gasteiger partial charge in [0.2, 0.25) is 0 Å². The van der Waals surface area contributed by atoms with Crippen LogP contribution in [-0.4, -0.2) is 0 Å². The molecule has 0 aliphatic rings. The van der Waals surface area contributed by atoms with Gasteiger partial charge in [-0.3, -0.25) is 0 Å². The zero-order chi connectivity index (χ0) is 12.2. The Balaban J connectivity index is 2.83. The largest absolute Gasteiger partial charge is 0.460 e. The maximum absolute atomic E-state index is 12.7. The summed E-state index contributed by atoms with van der Waals surface area (Å²) in [7, 11) is 0. The van der Waals surface area contributed by atoms with Crippen LogP contribution in [0.2, 0.25) is 0 Å². The van der Waals surface area contributed by atoms with Crippen LogP contribution in [0.3, 0.4) is 0 Å². The molecule has 1 rings (SSSR count). The summed E-state index contributed by atoms with van der Waals surface area (Å²) in [6, 6.07) is 5.89. The van der Waals surface area contributed by atoms with Gasteiger partial charge in [0.1, 0.15) is 17.3 Å². The highest BCUT2D eigenvalue weighted by atomic mass is 35.5. The van der Waals surface area contributed by atoms with Crippen molar-refractivity contribution in [2.75, 3.05) is 0 Å². The molecule has 0 N–H and O–H groups in total. The maximum atomic E-state index is 12.7. The van der Waals surface area contributed by atoms with Gasteiger partial charge in [-0.1, -0.05) is 32.4 Å². The summed E-state index contributed by atoms with van der Waals surface area (Å²) >= 11 is 5.75. The molecule has 0 radical (unpaired) electrons. The summed E-state index contributed by atoms with van der Waals surface area (Å²) in [5, 5.41) is 0. The summed E-state index contributed by atoms with van der Waals surface area (Å²) in [5.41, 5.74) is 1.31. The molecular formula is C13H16ClFO. The predicted molar refractivity (Wildman–Crippen MR) is 65.0 cm³/mol. The van der Waals surface area contributed by atoms with E-state index in [1.807, 2.05) is 13.8 Å². The van der Waals surface area contributed by atoms with E-state index in [1.165, 1.54) is 17.7 Å². The molecule has 16 heavy (non-hydrogen) atoms. The topological polar surface area (TPSA) is 9.23 Å². The lowest BCUT2D eigenvalue weighted by atomic mass is 9.88. The lowest BCUT2D eigenvalue weighted by Gasteiger charge is -2.25. The molecule has 0 heterocycles. The third-order valence-corrected chi connectivity index (χ3v) is 2.89. The first-order valence-corrected chi connectivity index (χ1v) is 5.67. The Morgan fingerprint density at radius 1 is 1.38 bits per heavy atom. The van der Waals surface area contributed by atoms with Crippen LogP contribution >= 0.6 is 11.6 Å². The summed E-state index contributed by atoms with van der Waals surface area (Å²) < 4.78 is 18.3. The van der Waals surface area contributed by atoms with E-state index >= 15 is 0 Å². The molecule has 0 spiro atoms. The van der Waals surface area contributed by atoms with E-state index in [2.05, 4.69) is 6.92 Å². The van der Waals surface area contributed by atoms with Gasteiger partial charge in [0.05, 0.1) is 0 Å². The van der Waals surface area contributed by atoms with E-state index in [0.29, 0.717) is 11.5 Å². The van der Waals surface area contributed by atoms with Gasteiger partial charge < -0.3 is 4.74 Å². The smallest absolute Gasteiger partial charge is 0.127 e. The van der Waals surface area contributed by atoms with Gasteiger partial charge in [0.25, 0.3) is 0 Å². The molecule has 1 nitrogen and oxygen atoms in total. The predicted octanol–water partition coefficient (Wildman–Crippen LogP) is 4.72. The summed E-state index contributed by atoms with van der Waals surface area (Å²) in [5.74, 6) is 0.997. The van der Waals surface area contributed by atoms with Gasteiger partial charge in [-0.15, -0.1) is 0 Å². The molecular weight excluding hydrogens is 227 g/mol. The molecule has 0 aromatic heterocycles. The summed E-state index contributed by atoms with van der Waals surface area (Å²) in [4.78, 5) is 0. The summed E-state index contributed by atoms with van der Waals surface area (Å²) in [6.45, 7) is 6.16. The molecule has 1 aromatic carbocycles. The van der Waals surface area contributed by atoms with E-state index in [4.69, 9.17) is 16.3 Å². The van der Waals surface area contributed by atoms with Crippen LogP contribution in [0.4, 0.5) is 4.39 Å². The fourth-order valence-corrected chi connectivity index (χ4v) is 1.45. The van der Waals surface area contributed by atoms with Gasteiger partial charge in [-0.2, -0.15) is 0 Å². The molecule has 0 aliphatic carbocycles. The maximum Gasteiger partial charge on any atom is 0.127 e. The second-order valence-electron chi connectivity index (χ2n) is 4.27. The van der Waals surface area contributed by atoms with Gasteiger partial charge in [0.15, 0.2) is 0 Å². The van der Waals surface area contributed by atoms with Gasteiger partial charge in [0, 0.05) is 11.0 Å². The van der Waals surface area contributed by atoms with Crippen molar-refractivity contribution >= 4 is 11.6 Å². The Morgan fingerprint density at radius 2 is 1.94 bits per heavy atom. The monoisotopic (exact) mass is 242 g/mol. The van der Waals surface area contributed by atoms with E-state index < -0.39 is 0 Å². The first-order chi connectivity index (χ1) is 7.49. The average Bonchev–Trinajstić information content (AvgIpc) is 2.28. The van der Waals surface area contributed by atoms with Gasteiger partial charge in [-0.25, -0.2) is 4.39 Å². The van der Waals surface area contributed by atoms with Crippen molar-refractivity contribution in [1.82, 2.24) is 0 Å². The van der Waals surface area contributed by atoms with Crippen LogP contribution in [0.1, 0.15) is 27.2 Å². The van der Waals surface area contributed by atoms with Crippen LogP contribution in [0, 0.1) is 11.2 Å². The SMILES string of the molecule is CCC(C)(C)C(=CCl)Oc1ccc(F)cc1. The Hall–Kier alpha value is -1.02. The van der Waals surface area contributed by atoms with E-state index in [1.54, 1.807) is 12.1 Å². The second kappa shape index (κ2) is 5.35. The number of allylic oxidation sites excluding steroid dienone is 1. The summed E-state index contributed by atoms with van der Waals surface area (Å²) in [6.07, 6.45) is 0.909. The van der Waals surface area contributed by atoms with Crippen molar-refractivity contribution in [2.24, 2.45) is 5.41 Å². The van der Waals surface area contributed by atoms with E-state index in [0.717, 1.165) is 6.42 Å². The van der Waals surface area contributed by atoms with Crippen LogP contribution in [0.5, 0.6) is 5.75 Å². The van der Waals surface area contributed by atoms with E-state index in [-0.39, 0.29) is 11.2 Å². The lowest BCUT2D eigenvalue weighted by Crippen LogP contribution is -2.17. The van der Waals surface area contributed by atoms with Gasteiger partial charge >= 0.3 is 0 Å². The fourth-order valence-electron chi connectivity index (χ4n) is 1.11. The number of benzene rings is 1. The minimum atomic E-state index is -0.279. The molecule has 0 aliphatic heterocycles. The molecule has 0 fully saturated rings. The number of halogens is 2. The highest BCUT2D eigenvalue weighted by molar-refractivity contribution is 6.25. The first-order valence-electron chi connectivity index (χ1n) is 5.24. The zero-order valence-electron chi connectivity index (χ0n) is 9.76. The average molecular weight is 243 g/mol. The molecule has 0 amide bonds. The molecule has 0 atom stereocenters. The van der Waals surface area contributed by atoms with Crippen molar-refractivity contribution in [1.29, 1.82) is 0 Å². The van der Waals surface area contributed by atoms with Crippen LogP contribution in [-0.2, 0) is 0 Å². The zero-order valence-corrected chi connectivity index (χ0v) is 10.5. The Bertz CT molecular complexity index is 368. The van der Waals surface area contributed by atoms with Crippen molar-refractivity contribution < 1.29 is 9.13 Å². The molecule has 0 saturated heterocycles. The minimum absolute atomic E-state index is 0.129. The molecule has 88 valence electrons. The fraction of sp³-hybridized carbons (Fsp3) is 0.385. The van der Waals surface area contributed by atoms with Gasteiger partial charge in [-0.05, 0) is 30.7 Å². The number of hydrogen-bond donors (Lipinski definition) is 0. The van der Waals surface area contributed by atoms with Crippen molar-refractivity contribution in [3.8, 4) is 5.75 Å². The standard InChI is InChI=1S/C13H16ClFO/c1-4-13(2,3)12(9-14)16-11-7-5-10(15)6-8-11/h5-9H,4H2,1-3H3. The second-order valence-corrected chi connectivity index (χ2v) is 4.48. The molecule has 0 saturated carbocycles.